The molecule has 0 spiro atoms. The second-order valence-corrected chi connectivity index (χ2v) is 6.29. The number of hydrogen-bond donors (Lipinski definition) is 1. The predicted molar refractivity (Wildman–Crippen MR) is 75.8 cm³/mol. The van der Waals surface area contributed by atoms with Crippen molar-refractivity contribution in [3.8, 4) is 0 Å². The maximum Gasteiger partial charge on any atom is 0.240 e. The van der Waals surface area contributed by atoms with Gasteiger partial charge < -0.3 is 10.2 Å². The second kappa shape index (κ2) is 6.34. The number of aryl methyl sites for hydroxylation is 1. The third-order valence-electron chi connectivity index (χ3n) is 3.31. The van der Waals surface area contributed by atoms with Crippen molar-refractivity contribution in [2.24, 2.45) is 0 Å². The summed E-state index contributed by atoms with van der Waals surface area (Å²) in [5, 5.41) is 3.35. The van der Waals surface area contributed by atoms with Gasteiger partial charge in [-0.3, -0.25) is 4.79 Å². The number of nitrogens with zero attached hydrogens (tertiary/aromatic N) is 1. The van der Waals surface area contributed by atoms with Crippen LogP contribution in [0, 0.1) is 6.92 Å². The summed E-state index contributed by atoms with van der Waals surface area (Å²) in [5.74, 6) is 0.278. The van der Waals surface area contributed by atoms with E-state index in [4.69, 9.17) is 0 Å². The first-order chi connectivity index (χ1) is 8.70. The number of likely N-dealkylation sites (tertiary alicyclic amines) is 1. The highest BCUT2D eigenvalue weighted by atomic mass is 32.1. The molecule has 1 fully saturated rings. The Morgan fingerprint density at radius 2 is 2.33 bits per heavy atom. The van der Waals surface area contributed by atoms with Gasteiger partial charge in [-0.05, 0) is 44.9 Å². The summed E-state index contributed by atoms with van der Waals surface area (Å²) in [7, 11) is 0. The van der Waals surface area contributed by atoms with Gasteiger partial charge in [-0.1, -0.05) is 6.92 Å². The van der Waals surface area contributed by atoms with Crippen molar-refractivity contribution in [3.05, 3.63) is 21.9 Å². The van der Waals surface area contributed by atoms with Gasteiger partial charge in [0, 0.05) is 16.3 Å². The van der Waals surface area contributed by atoms with Crippen molar-refractivity contribution in [1.82, 2.24) is 10.2 Å². The van der Waals surface area contributed by atoms with Crippen LogP contribution in [0.1, 0.15) is 35.9 Å². The number of hydrogen-bond acceptors (Lipinski definition) is 3. The summed E-state index contributed by atoms with van der Waals surface area (Å²) in [6.45, 7) is 6.86. The van der Waals surface area contributed by atoms with Crippen LogP contribution in [0.4, 0.5) is 0 Å². The minimum Gasteiger partial charge on any atom is -0.336 e. The lowest BCUT2D eigenvalue weighted by molar-refractivity contribution is -0.136. The van der Waals surface area contributed by atoms with E-state index in [0.29, 0.717) is 0 Å². The number of rotatable bonds is 5. The van der Waals surface area contributed by atoms with E-state index in [1.807, 2.05) is 4.90 Å². The largest absolute Gasteiger partial charge is 0.336 e. The lowest BCUT2D eigenvalue weighted by Gasteiger charge is -2.32. The highest BCUT2D eigenvalue weighted by Crippen LogP contribution is 2.20. The summed E-state index contributed by atoms with van der Waals surface area (Å²) in [5.41, 5.74) is 0. The number of amides is 1. The maximum atomic E-state index is 12.3. The summed E-state index contributed by atoms with van der Waals surface area (Å²) in [6.07, 6.45) is 3.17. The lowest BCUT2D eigenvalue weighted by atomic mass is 10.0. The first-order valence-electron chi connectivity index (χ1n) is 6.78. The first kappa shape index (κ1) is 13.6. The Labute approximate surface area is 113 Å². The molecule has 100 valence electrons. The van der Waals surface area contributed by atoms with Crippen molar-refractivity contribution in [1.29, 1.82) is 0 Å². The summed E-state index contributed by atoms with van der Waals surface area (Å²) < 4.78 is 0. The molecule has 0 bridgehead atoms. The van der Waals surface area contributed by atoms with Crippen molar-refractivity contribution >= 4 is 17.2 Å². The summed E-state index contributed by atoms with van der Waals surface area (Å²) in [6, 6.07) is 4.30. The fourth-order valence-corrected chi connectivity index (χ4v) is 3.27. The van der Waals surface area contributed by atoms with Crippen molar-refractivity contribution < 1.29 is 4.79 Å². The fourth-order valence-electron chi connectivity index (χ4n) is 2.36. The van der Waals surface area contributed by atoms with E-state index in [0.717, 1.165) is 38.9 Å². The third-order valence-corrected chi connectivity index (χ3v) is 4.30. The molecule has 3 nitrogen and oxygen atoms in total. The molecule has 1 aromatic heterocycles. The van der Waals surface area contributed by atoms with Crippen LogP contribution >= 0.6 is 11.3 Å². The standard InChI is InChI=1S/C14H22N2OS/c1-3-8-15-13-5-4-9-16(14(13)17)10-12-7-6-11(2)18-12/h6-7,13,15H,3-5,8-10H2,1-2H3. The normalized spacial score (nSPS) is 20.4. The minimum absolute atomic E-state index is 0.0414. The van der Waals surface area contributed by atoms with Gasteiger partial charge in [-0.25, -0.2) is 0 Å². The number of carbonyl (C=O) groups is 1. The van der Waals surface area contributed by atoms with Gasteiger partial charge in [-0.15, -0.1) is 11.3 Å². The molecule has 0 aliphatic carbocycles. The van der Waals surface area contributed by atoms with Gasteiger partial charge in [0.25, 0.3) is 0 Å². The molecule has 1 atom stereocenters. The monoisotopic (exact) mass is 266 g/mol. The van der Waals surface area contributed by atoms with E-state index in [9.17, 15) is 4.79 Å². The number of piperidine rings is 1. The molecule has 1 N–H and O–H groups in total. The Morgan fingerprint density at radius 1 is 1.50 bits per heavy atom. The molecule has 2 heterocycles. The van der Waals surface area contributed by atoms with E-state index in [1.165, 1.54) is 9.75 Å². The van der Waals surface area contributed by atoms with Crippen LogP contribution in [0.15, 0.2) is 12.1 Å². The lowest BCUT2D eigenvalue weighted by Crippen LogP contribution is -2.50. The molecule has 1 aromatic rings. The third kappa shape index (κ3) is 3.33. The molecule has 1 amide bonds. The number of thiophene rings is 1. The van der Waals surface area contributed by atoms with E-state index in [-0.39, 0.29) is 11.9 Å². The Morgan fingerprint density at radius 3 is 3.00 bits per heavy atom. The molecule has 4 heteroatoms. The van der Waals surface area contributed by atoms with Gasteiger partial charge in [-0.2, -0.15) is 0 Å². The molecule has 1 aliphatic rings. The van der Waals surface area contributed by atoms with Gasteiger partial charge >= 0.3 is 0 Å². The van der Waals surface area contributed by atoms with E-state index in [1.54, 1.807) is 11.3 Å². The van der Waals surface area contributed by atoms with Crippen molar-refractivity contribution in [3.63, 3.8) is 0 Å². The fraction of sp³-hybridized carbons (Fsp3) is 0.643. The molecule has 0 saturated carbocycles. The van der Waals surface area contributed by atoms with Crippen LogP contribution in [0.25, 0.3) is 0 Å². The van der Waals surface area contributed by atoms with E-state index in [2.05, 4.69) is 31.3 Å². The van der Waals surface area contributed by atoms with Crippen LogP contribution in [0.5, 0.6) is 0 Å². The average molecular weight is 266 g/mol. The van der Waals surface area contributed by atoms with Crippen LogP contribution in [-0.4, -0.2) is 29.9 Å². The van der Waals surface area contributed by atoms with E-state index >= 15 is 0 Å². The van der Waals surface area contributed by atoms with E-state index < -0.39 is 0 Å². The second-order valence-electron chi connectivity index (χ2n) is 4.92. The Kier molecular flexibility index (Phi) is 4.78. The van der Waals surface area contributed by atoms with Crippen LogP contribution < -0.4 is 5.32 Å². The highest BCUT2D eigenvalue weighted by Gasteiger charge is 2.28. The van der Waals surface area contributed by atoms with Crippen LogP contribution in [0.2, 0.25) is 0 Å². The molecular formula is C14H22N2OS. The highest BCUT2D eigenvalue weighted by molar-refractivity contribution is 7.11. The van der Waals surface area contributed by atoms with Gasteiger partial charge in [0.05, 0.1) is 12.6 Å². The summed E-state index contributed by atoms with van der Waals surface area (Å²) >= 11 is 1.79. The zero-order valence-corrected chi connectivity index (χ0v) is 12.1. The quantitative estimate of drug-likeness (QED) is 0.888. The first-order valence-corrected chi connectivity index (χ1v) is 7.60. The van der Waals surface area contributed by atoms with Crippen molar-refractivity contribution in [2.45, 2.75) is 45.7 Å². The molecule has 1 unspecified atom stereocenters. The minimum atomic E-state index is 0.0414. The average Bonchev–Trinajstić information content (AvgIpc) is 2.76. The molecule has 0 radical (unpaired) electrons. The predicted octanol–water partition coefficient (Wildman–Crippen LogP) is 2.55. The van der Waals surface area contributed by atoms with Gasteiger partial charge in [0.2, 0.25) is 5.91 Å². The van der Waals surface area contributed by atoms with Crippen LogP contribution in [-0.2, 0) is 11.3 Å². The Hall–Kier alpha value is -0.870. The molecule has 1 saturated heterocycles. The zero-order chi connectivity index (χ0) is 13.0. The molecule has 18 heavy (non-hydrogen) atoms. The SMILES string of the molecule is CCCNC1CCCN(Cc2ccc(C)s2)C1=O. The Bertz CT molecular complexity index is 402. The molecular weight excluding hydrogens is 244 g/mol. The molecule has 1 aliphatic heterocycles. The molecule has 0 aromatic carbocycles. The smallest absolute Gasteiger partial charge is 0.240 e. The van der Waals surface area contributed by atoms with Crippen LogP contribution in [0.3, 0.4) is 0 Å². The maximum absolute atomic E-state index is 12.3. The zero-order valence-electron chi connectivity index (χ0n) is 11.2. The number of nitrogens with one attached hydrogen (secondary N) is 1. The van der Waals surface area contributed by atoms with Gasteiger partial charge in [0.1, 0.15) is 0 Å². The number of carbonyl (C=O) groups excluding carboxylic acids is 1. The topological polar surface area (TPSA) is 32.3 Å². The Balaban J connectivity index is 1.93. The molecule has 2 rings (SSSR count). The summed E-state index contributed by atoms with van der Waals surface area (Å²) in [4.78, 5) is 16.9. The van der Waals surface area contributed by atoms with Crippen molar-refractivity contribution in [2.75, 3.05) is 13.1 Å². The van der Waals surface area contributed by atoms with Gasteiger partial charge in [0.15, 0.2) is 0 Å².